The molecule has 4 nitrogen and oxygen atoms in total. The predicted octanol–water partition coefficient (Wildman–Crippen LogP) is 6.46. The number of H-pyrrole nitrogens is 2. The third-order valence-electron chi connectivity index (χ3n) is 5.16. The molecule has 0 aliphatic carbocycles. The lowest BCUT2D eigenvalue weighted by Crippen LogP contribution is -1.80. The van der Waals surface area contributed by atoms with Crippen LogP contribution in [0.1, 0.15) is 0 Å². The first-order chi connectivity index (χ1) is 14.9. The fourth-order valence-corrected chi connectivity index (χ4v) is 3.73. The predicted molar refractivity (Wildman–Crippen MR) is 123 cm³/mol. The van der Waals surface area contributed by atoms with Crippen LogP contribution in [0.25, 0.3) is 44.1 Å². The van der Waals surface area contributed by atoms with Gasteiger partial charge in [0.25, 0.3) is 0 Å². The zero-order valence-corrected chi connectivity index (χ0v) is 16.3. The molecular weight excluding hydrogens is 368 g/mol. The Hall–Kier alpha value is -4.18. The van der Waals surface area contributed by atoms with Gasteiger partial charge in [-0.2, -0.15) is 10.2 Å². The number of hydrogen-bond acceptors (Lipinski definition) is 2. The SMILES string of the molecule is c1ccc2c(-c3ccn[nH]3)cccc2c1.c1ccc2c(-c3ccn[nH]3)cccc2c1. The summed E-state index contributed by atoms with van der Waals surface area (Å²) in [5, 5.41) is 19.0. The monoisotopic (exact) mass is 388 g/mol. The molecule has 4 aromatic carbocycles. The molecule has 0 aliphatic rings. The second-order valence-corrected chi connectivity index (χ2v) is 6.99. The van der Waals surface area contributed by atoms with E-state index in [1.807, 2.05) is 12.1 Å². The Morgan fingerprint density at radius 2 is 0.867 bits per heavy atom. The summed E-state index contributed by atoms with van der Waals surface area (Å²) in [6.45, 7) is 0. The van der Waals surface area contributed by atoms with Gasteiger partial charge < -0.3 is 0 Å². The van der Waals surface area contributed by atoms with E-state index in [2.05, 4.69) is 105 Å². The molecule has 0 unspecified atom stereocenters. The molecule has 0 radical (unpaired) electrons. The summed E-state index contributed by atoms with van der Waals surface area (Å²) in [4.78, 5) is 0. The van der Waals surface area contributed by atoms with Crippen LogP contribution in [0, 0.1) is 0 Å². The van der Waals surface area contributed by atoms with Crippen molar-refractivity contribution in [3.63, 3.8) is 0 Å². The van der Waals surface area contributed by atoms with E-state index in [9.17, 15) is 0 Å². The first-order valence-corrected chi connectivity index (χ1v) is 9.85. The van der Waals surface area contributed by atoms with Crippen LogP contribution in [0.3, 0.4) is 0 Å². The minimum atomic E-state index is 1.06. The highest BCUT2D eigenvalue weighted by Gasteiger charge is 2.04. The summed E-state index contributed by atoms with van der Waals surface area (Å²) in [5.41, 5.74) is 4.52. The molecule has 2 aromatic heterocycles. The highest BCUT2D eigenvalue weighted by Crippen LogP contribution is 2.27. The zero-order chi connectivity index (χ0) is 20.2. The van der Waals surface area contributed by atoms with E-state index in [1.54, 1.807) is 12.4 Å². The Bertz CT molecular complexity index is 1260. The fraction of sp³-hybridized carbons (Fsp3) is 0. The van der Waals surface area contributed by atoms with E-state index in [1.165, 1.54) is 32.7 Å². The van der Waals surface area contributed by atoms with E-state index in [0.717, 1.165) is 11.4 Å². The van der Waals surface area contributed by atoms with Gasteiger partial charge in [-0.3, -0.25) is 10.2 Å². The molecule has 0 aliphatic heterocycles. The fourth-order valence-electron chi connectivity index (χ4n) is 3.73. The van der Waals surface area contributed by atoms with Crippen LogP contribution in [-0.2, 0) is 0 Å². The van der Waals surface area contributed by atoms with Gasteiger partial charge in [-0.15, -0.1) is 0 Å². The summed E-state index contributed by atoms with van der Waals surface area (Å²) >= 11 is 0. The van der Waals surface area contributed by atoms with Crippen LogP contribution >= 0.6 is 0 Å². The maximum Gasteiger partial charge on any atom is 0.0656 e. The van der Waals surface area contributed by atoms with Crippen molar-refractivity contribution in [2.45, 2.75) is 0 Å². The first kappa shape index (κ1) is 17.9. The molecule has 0 atom stereocenters. The summed E-state index contributed by atoms with van der Waals surface area (Å²) in [7, 11) is 0. The van der Waals surface area contributed by atoms with E-state index >= 15 is 0 Å². The van der Waals surface area contributed by atoms with Gasteiger partial charge in [-0.1, -0.05) is 84.9 Å². The van der Waals surface area contributed by atoms with Crippen molar-refractivity contribution in [3.05, 3.63) is 109 Å². The molecule has 0 bridgehead atoms. The van der Waals surface area contributed by atoms with E-state index in [-0.39, 0.29) is 0 Å². The Morgan fingerprint density at radius 1 is 0.433 bits per heavy atom. The lowest BCUT2D eigenvalue weighted by Gasteiger charge is -2.03. The van der Waals surface area contributed by atoms with Gasteiger partial charge in [0, 0.05) is 23.5 Å². The number of benzene rings is 4. The summed E-state index contributed by atoms with van der Waals surface area (Å²) < 4.78 is 0. The third kappa shape index (κ3) is 3.47. The lowest BCUT2D eigenvalue weighted by molar-refractivity contribution is 1.10. The van der Waals surface area contributed by atoms with Crippen molar-refractivity contribution in [3.8, 4) is 22.5 Å². The van der Waals surface area contributed by atoms with Crippen molar-refractivity contribution in [1.82, 2.24) is 20.4 Å². The van der Waals surface area contributed by atoms with Crippen molar-refractivity contribution in [2.75, 3.05) is 0 Å². The minimum absolute atomic E-state index is 1.06. The van der Waals surface area contributed by atoms with Crippen LogP contribution in [-0.4, -0.2) is 20.4 Å². The largest absolute Gasteiger partial charge is 0.278 e. The van der Waals surface area contributed by atoms with Crippen LogP contribution in [0.15, 0.2) is 109 Å². The van der Waals surface area contributed by atoms with Gasteiger partial charge in [-0.25, -0.2) is 0 Å². The van der Waals surface area contributed by atoms with Crippen molar-refractivity contribution >= 4 is 21.5 Å². The minimum Gasteiger partial charge on any atom is -0.278 e. The molecule has 0 fully saturated rings. The van der Waals surface area contributed by atoms with Crippen molar-refractivity contribution < 1.29 is 0 Å². The molecular formula is C26H20N4. The van der Waals surface area contributed by atoms with E-state index in [4.69, 9.17) is 0 Å². The molecule has 0 saturated carbocycles. The normalized spacial score (nSPS) is 10.7. The van der Waals surface area contributed by atoms with Gasteiger partial charge in [0.1, 0.15) is 0 Å². The van der Waals surface area contributed by atoms with E-state index < -0.39 is 0 Å². The van der Waals surface area contributed by atoms with Gasteiger partial charge in [0.15, 0.2) is 0 Å². The molecule has 2 heterocycles. The van der Waals surface area contributed by atoms with Crippen LogP contribution in [0.5, 0.6) is 0 Å². The maximum atomic E-state index is 3.98. The number of aromatic amines is 2. The Labute approximate surface area is 174 Å². The van der Waals surface area contributed by atoms with Crippen LogP contribution in [0.4, 0.5) is 0 Å². The lowest BCUT2D eigenvalue weighted by atomic mass is 10.0. The highest BCUT2D eigenvalue weighted by molar-refractivity contribution is 5.96. The maximum absolute atomic E-state index is 3.98. The summed E-state index contributed by atoms with van der Waals surface area (Å²) in [5.74, 6) is 0. The smallest absolute Gasteiger partial charge is 0.0656 e. The van der Waals surface area contributed by atoms with Crippen LogP contribution in [0.2, 0.25) is 0 Å². The molecule has 144 valence electrons. The Balaban J connectivity index is 0.000000128. The third-order valence-corrected chi connectivity index (χ3v) is 5.16. The van der Waals surface area contributed by atoms with Gasteiger partial charge in [0.05, 0.1) is 11.4 Å². The molecule has 4 heteroatoms. The molecule has 6 aromatic rings. The number of hydrogen-bond donors (Lipinski definition) is 2. The quantitative estimate of drug-likeness (QED) is 0.358. The first-order valence-electron chi connectivity index (χ1n) is 9.85. The van der Waals surface area contributed by atoms with Crippen molar-refractivity contribution in [1.29, 1.82) is 0 Å². The van der Waals surface area contributed by atoms with Gasteiger partial charge in [0.2, 0.25) is 0 Å². The number of nitrogens with one attached hydrogen (secondary N) is 2. The number of fused-ring (bicyclic) bond motifs is 2. The standard InChI is InChI=1S/2C13H10N2/c2*1-2-6-11-10(4-1)5-3-7-12(11)13-8-9-14-15-13/h2*1-9H,(H,14,15). The number of rotatable bonds is 2. The molecule has 0 amide bonds. The highest BCUT2D eigenvalue weighted by atomic mass is 15.1. The molecule has 2 N–H and O–H groups in total. The molecule has 0 saturated heterocycles. The number of nitrogens with zero attached hydrogens (tertiary/aromatic N) is 2. The van der Waals surface area contributed by atoms with Crippen molar-refractivity contribution in [2.24, 2.45) is 0 Å². The Morgan fingerprint density at radius 3 is 1.30 bits per heavy atom. The molecule has 30 heavy (non-hydrogen) atoms. The average Bonchev–Trinajstić information content (AvgIpc) is 3.53. The van der Waals surface area contributed by atoms with Gasteiger partial charge >= 0.3 is 0 Å². The summed E-state index contributed by atoms with van der Waals surface area (Å²) in [6.07, 6.45) is 3.55. The molecule has 6 rings (SSSR count). The second kappa shape index (κ2) is 8.05. The topological polar surface area (TPSA) is 57.4 Å². The summed E-state index contributed by atoms with van der Waals surface area (Å²) in [6, 6.07) is 33.3. The second-order valence-electron chi connectivity index (χ2n) is 6.99. The molecule has 0 spiro atoms. The zero-order valence-electron chi connectivity index (χ0n) is 16.3. The Kier molecular flexibility index (Phi) is 4.80. The van der Waals surface area contributed by atoms with E-state index in [0.29, 0.717) is 0 Å². The number of aromatic nitrogens is 4. The average molecular weight is 388 g/mol. The van der Waals surface area contributed by atoms with Crippen LogP contribution < -0.4 is 0 Å². The van der Waals surface area contributed by atoms with Gasteiger partial charge in [-0.05, 0) is 33.7 Å².